The van der Waals surface area contributed by atoms with Crippen molar-refractivity contribution in [2.75, 3.05) is 19.8 Å². The van der Waals surface area contributed by atoms with Crippen LogP contribution in [0.1, 0.15) is 57.9 Å². The summed E-state index contributed by atoms with van der Waals surface area (Å²) < 4.78 is 10.8. The van der Waals surface area contributed by atoms with Crippen molar-refractivity contribution in [1.29, 1.82) is 0 Å². The van der Waals surface area contributed by atoms with Gasteiger partial charge in [-0.1, -0.05) is 54.6 Å². The molecule has 228 valence electrons. The third-order valence-corrected chi connectivity index (χ3v) is 7.13. The van der Waals surface area contributed by atoms with Gasteiger partial charge in [-0.3, -0.25) is 4.79 Å². The van der Waals surface area contributed by atoms with Gasteiger partial charge in [0.25, 0.3) is 5.09 Å². The molecule has 3 N–H and O–H groups in total. The Bertz CT molecular complexity index is 985. The largest absolute Gasteiger partial charge is 0.508 e. The van der Waals surface area contributed by atoms with Gasteiger partial charge >= 0.3 is 6.16 Å². The molecule has 0 bridgehead atoms. The van der Waals surface area contributed by atoms with E-state index in [-0.39, 0.29) is 43.8 Å². The summed E-state index contributed by atoms with van der Waals surface area (Å²) >= 11 is 0. The van der Waals surface area contributed by atoms with Crippen molar-refractivity contribution in [2.45, 2.75) is 77.1 Å². The number of nitrogens with one attached hydrogen (secondary N) is 1. The fourth-order valence-corrected chi connectivity index (χ4v) is 5.22. The molecule has 1 aliphatic rings. The molecule has 0 aliphatic heterocycles. The number of carbonyl (C=O) groups excluding carboxylic acids is 2. The molecule has 0 aromatic heterocycles. The third kappa shape index (κ3) is 12.7. The summed E-state index contributed by atoms with van der Waals surface area (Å²) in [6, 6.07) is 9.84. The van der Waals surface area contributed by atoms with E-state index in [9.17, 15) is 29.9 Å². The molecule has 1 aromatic carbocycles. The molecule has 0 radical (unpaired) electrons. The van der Waals surface area contributed by atoms with Crippen LogP contribution < -0.4 is 5.32 Å². The quantitative estimate of drug-likeness (QED) is 0.0767. The number of hydrogen-bond donors (Lipinski definition) is 3. The number of hydrogen-bond acceptors (Lipinski definition) is 9. The van der Waals surface area contributed by atoms with E-state index in [0.29, 0.717) is 38.6 Å². The first-order valence-corrected chi connectivity index (χ1v) is 14.3. The number of amides is 1. The van der Waals surface area contributed by atoms with Crippen LogP contribution >= 0.6 is 0 Å². The lowest BCUT2D eigenvalue weighted by molar-refractivity contribution is -0.757. The number of unbranched alkanes of at least 4 members (excludes halogenated alkanes) is 1. The van der Waals surface area contributed by atoms with Crippen molar-refractivity contribution in [2.24, 2.45) is 17.8 Å². The molecule has 3 unspecified atom stereocenters. The molecular formula is C30H44N2O9. The van der Waals surface area contributed by atoms with E-state index in [1.165, 1.54) is 0 Å². The van der Waals surface area contributed by atoms with Crippen LogP contribution in [0.2, 0.25) is 0 Å². The zero-order valence-corrected chi connectivity index (χ0v) is 23.9. The Morgan fingerprint density at radius 2 is 1.90 bits per heavy atom. The van der Waals surface area contributed by atoms with Gasteiger partial charge in [-0.15, -0.1) is 10.1 Å². The van der Waals surface area contributed by atoms with Crippen LogP contribution in [0.5, 0.6) is 0 Å². The van der Waals surface area contributed by atoms with Gasteiger partial charge in [0.1, 0.15) is 6.10 Å². The predicted molar refractivity (Wildman–Crippen MR) is 152 cm³/mol. The van der Waals surface area contributed by atoms with Gasteiger partial charge in [-0.2, -0.15) is 0 Å². The predicted octanol–water partition coefficient (Wildman–Crippen LogP) is 4.15. The van der Waals surface area contributed by atoms with Crippen LogP contribution in [-0.2, 0) is 25.5 Å². The minimum absolute atomic E-state index is 0.00501. The second-order valence-corrected chi connectivity index (χ2v) is 10.1. The number of aliphatic hydroxyl groups excluding tert-OH is 2. The Morgan fingerprint density at radius 1 is 1.17 bits per heavy atom. The average molecular weight is 577 g/mol. The maximum atomic E-state index is 12.5. The Balaban J connectivity index is 2.10. The maximum Gasteiger partial charge on any atom is 0.508 e. The number of allylic oxidation sites excluding steroid dienone is 2. The molecule has 1 fully saturated rings. The first-order chi connectivity index (χ1) is 19.7. The fourth-order valence-electron chi connectivity index (χ4n) is 5.22. The molecule has 0 spiro atoms. The summed E-state index contributed by atoms with van der Waals surface area (Å²) in [6.07, 6.45) is 7.07. The molecule has 1 saturated carbocycles. The van der Waals surface area contributed by atoms with Crippen LogP contribution in [0, 0.1) is 27.9 Å². The summed E-state index contributed by atoms with van der Waals surface area (Å²) in [5, 5.41) is 33.9. The molecular weight excluding hydrogens is 532 g/mol. The van der Waals surface area contributed by atoms with Crippen LogP contribution in [0.25, 0.3) is 0 Å². The van der Waals surface area contributed by atoms with Crippen LogP contribution in [0.4, 0.5) is 4.79 Å². The van der Waals surface area contributed by atoms with Gasteiger partial charge in [0.05, 0.1) is 25.4 Å². The topological polar surface area (TPSA) is 157 Å². The van der Waals surface area contributed by atoms with Crippen molar-refractivity contribution < 1.29 is 39.2 Å². The molecule has 1 amide bonds. The lowest BCUT2D eigenvalue weighted by atomic mass is 9.79. The lowest BCUT2D eigenvalue weighted by Gasteiger charge is -2.29. The number of carbonyl (C=O) groups is 2. The second-order valence-electron chi connectivity index (χ2n) is 10.1. The highest BCUT2D eigenvalue weighted by molar-refractivity contribution is 5.75. The molecule has 6 atom stereocenters. The van der Waals surface area contributed by atoms with Gasteiger partial charge in [0.2, 0.25) is 5.91 Å². The van der Waals surface area contributed by atoms with Crippen LogP contribution in [0.3, 0.4) is 0 Å². The van der Waals surface area contributed by atoms with E-state index >= 15 is 0 Å². The van der Waals surface area contributed by atoms with E-state index in [0.717, 1.165) is 5.56 Å². The van der Waals surface area contributed by atoms with Crippen molar-refractivity contribution in [3.8, 4) is 0 Å². The number of aliphatic hydroxyl groups is 2. The summed E-state index contributed by atoms with van der Waals surface area (Å²) in [5.74, 6) is -1.01. The summed E-state index contributed by atoms with van der Waals surface area (Å²) in [6.45, 7) is 4.18. The van der Waals surface area contributed by atoms with Crippen molar-refractivity contribution in [1.82, 2.24) is 5.32 Å². The number of ether oxygens (including phenoxy) is 2. The van der Waals surface area contributed by atoms with Gasteiger partial charge in [-0.05, 0) is 57.4 Å². The number of benzene rings is 1. The van der Waals surface area contributed by atoms with Crippen molar-refractivity contribution >= 4 is 12.1 Å². The van der Waals surface area contributed by atoms with E-state index in [1.54, 1.807) is 6.08 Å². The normalized spacial score (nSPS) is 22.0. The van der Waals surface area contributed by atoms with E-state index < -0.39 is 35.5 Å². The standard InChI is InChI=1S/C30H44N2O9/c1-3-10-23(14-18-28(35)31-4-2)29-25(17-16-24(33)15-13-22-11-6-5-7-12-22)27(21-26(29)34)41-30(36)39-19-8-9-20-40-32(37)38/h3,5-7,10-12,16-17,23-27,29,33-34H,4,8-9,13-15,18-21H2,1-2H3,(H,31,35)/t23?,24-,25-,26?,27?,29+/m0/s1. The molecule has 0 heterocycles. The Morgan fingerprint density at radius 3 is 2.59 bits per heavy atom. The van der Waals surface area contributed by atoms with Gasteiger partial charge in [0, 0.05) is 31.2 Å². The molecule has 2 rings (SSSR count). The zero-order chi connectivity index (χ0) is 30.0. The smallest absolute Gasteiger partial charge is 0.434 e. The number of rotatable bonds is 18. The lowest BCUT2D eigenvalue weighted by Crippen LogP contribution is -2.31. The first kappa shape index (κ1) is 33.8. The Hall–Kier alpha value is -3.44. The Labute approximate surface area is 241 Å². The molecule has 11 heteroatoms. The van der Waals surface area contributed by atoms with E-state index in [4.69, 9.17) is 9.47 Å². The highest BCUT2D eigenvalue weighted by Crippen LogP contribution is 2.42. The number of aryl methyl sites for hydroxylation is 1. The summed E-state index contributed by atoms with van der Waals surface area (Å²) in [5.41, 5.74) is 1.11. The molecule has 41 heavy (non-hydrogen) atoms. The summed E-state index contributed by atoms with van der Waals surface area (Å²) in [4.78, 5) is 39.1. The molecule has 1 aliphatic carbocycles. The summed E-state index contributed by atoms with van der Waals surface area (Å²) in [7, 11) is 0. The molecule has 11 nitrogen and oxygen atoms in total. The highest BCUT2D eigenvalue weighted by Gasteiger charge is 2.46. The van der Waals surface area contributed by atoms with Crippen molar-refractivity contribution in [3.63, 3.8) is 0 Å². The molecule has 0 saturated heterocycles. The first-order valence-electron chi connectivity index (χ1n) is 14.3. The monoisotopic (exact) mass is 576 g/mol. The van der Waals surface area contributed by atoms with Crippen LogP contribution in [0.15, 0.2) is 54.6 Å². The van der Waals surface area contributed by atoms with Crippen LogP contribution in [-0.4, -0.2) is 65.4 Å². The average Bonchev–Trinajstić information content (AvgIpc) is 3.25. The van der Waals surface area contributed by atoms with Crippen molar-refractivity contribution in [3.05, 3.63) is 70.3 Å². The maximum absolute atomic E-state index is 12.5. The van der Waals surface area contributed by atoms with Gasteiger partial charge in [-0.25, -0.2) is 4.79 Å². The van der Waals surface area contributed by atoms with Gasteiger partial charge in [0.15, 0.2) is 0 Å². The minimum Gasteiger partial charge on any atom is -0.434 e. The zero-order valence-electron chi connectivity index (χ0n) is 23.9. The second kappa shape index (κ2) is 18.8. The van der Waals surface area contributed by atoms with E-state index in [1.807, 2.05) is 62.4 Å². The number of nitrogens with zero attached hydrogens (tertiary/aromatic N) is 1. The van der Waals surface area contributed by atoms with E-state index in [2.05, 4.69) is 10.2 Å². The third-order valence-electron chi connectivity index (χ3n) is 7.13. The Kier molecular flexibility index (Phi) is 15.5. The van der Waals surface area contributed by atoms with Gasteiger partial charge < -0.3 is 29.8 Å². The SMILES string of the molecule is CC=CC(CCC(=O)NCC)[C@H]1C(O)CC(OC(=O)OCCCCO[N+](=O)[O-])[C@@H]1C=C[C@@H](O)CCc1ccccc1. The minimum atomic E-state index is -0.897. The molecule has 1 aromatic rings. The highest BCUT2D eigenvalue weighted by atomic mass is 16.9. The fraction of sp³-hybridized carbons (Fsp3) is 0.600.